The van der Waals surface area contributed by atoms with Crippen molar-refractivity contribution in [2.24, 2.45) is 0 Å². The van der Waals surface area contributed by atoms with Crippen LogP contribution in [-0.2, 0) is 0 Å². The molecule has 0 saturated carbocycles. The quantitative estimate of drug-likeness (QED) is 0.822. The normalized spacial score (nSPS) is 11.2. The molecule has 0 aliphatic rings. The smallest absolute Gasteiger partial charge is 0.268 e. The lowest BCUT2D eigenvalue weighted by atomic mass is 10.1. The van der Waals surface area contributed by atoms with Crippen LogP contribution in [0.25, 0.3) is 10.9 Å². The molecule has 2 aromatic rings. The maximum Gasteiger partial charge on any atom is 0.268 e. The van der Waals surface area contributed by atoms with Gasteiger partial charge in [-0.3, -0.25) is 4.79 Å². The standard InChI is InChI=1S/C16H23N3O/c1-11-6-7-14-13(10-11)12(2)15(18-14)16(20)17-8-5-9-19(3)4/h6-7,10,18H,5,8-9H2,1-4H3,(H,17,20). The van der Waals surface area contributed by atoms with Crippen LogP contribution in [0.2, 0.25) is 0 Å². The van der Waals surface area contributed by atoms with Gasteiger partial charge < -0.3 is 15.2 Å². The minimum atomic E-state index is -0.0184. The topological polar surface area (TPSA) is 48.1 Å². The monoisotopic (exact) mass is 273 g/mol. The van der Waals surface area contributed by atoms with Crippen LogP contribution in [-0.4, -0.2) is 43.0 Å². The molecular weight excluding hydrogens is 250 g/mol. The molecule has 0 radical (unpaired) electrons. The highest BCUT2D eigenvalue weighted by molar-refractivity contribution is 6.00. The summed E-state index contributed by atoms with van der Waals surface area (Å²) in [6, 6.07) is 6.20. The first-order valence-electron chi connectivity index (χ1n) is 7.01. The average Bonchev–Trinajstić information content (AvgIpc) is 2.72. The predicted octanol–water partition coefficient (Wildman–Crippen LogP) is 2.47. The van der Waals surface area contributed by atoms with Gasteiger partial charge in [0, 0.05) is 17.4 Å². The van der Waals surface area contributed by atoms with E-state index < -0.39 is 0 Å². The highest BCUT2D eigenvalue weighted by atomic mass is 16.1. The third-order valence-electron chi connectivity index (χ3n) is 3.51. The van der Waals surface area contributed by atoms with Crippen LogP contribution in [0.4, 0.5) is 0 Å². The van der Waals surface area contributed by atoms with E-state index in [9.17, 15) is 4.79 Å². The summed E-state index contributed by atoms with van der Waals surface area (Å²) in [6.45, 7) is 5.73. The number of aromatic amines is 1. The van der Waals surface area contributed by atoms with Gasteiger partial charge in [0.1, 0.15) is 5.69 Å². The summed E-state index contributed by atoms with van der Waals surface area (Å²) in [4.78, 5) is 17.5. The molecule has 2 N–H and O–H groups in total. The molecule has 0 unspecified atom stereocenters. The number of nitrogens with one attached hydrogen (secondary N) is 2. The molecule has 0 fully saturated rings. The molecule has 0 atom stereocenters. The van der Waals surface area contributed by atoms with Gasteiger partial charge in [-0.2, -0.15) is 0 Å². The highest BCUT2D eigenvalue weighted by Crippen LogP contribution is 2.22. The summed E-state index contributed by atoms with van der Waals surface area (Å²) < 4.78 is 0. The third-order valence-corrected chi connectivity index (χ3v) is 3.51. The van der Waals surface area contributed by atoms with E-state index in [4.69, 9.17) is 0 Å². The zero-order chi connectivity index (χ0) is 14.7. The van der Waals surface area contributed by atoms with Gasteiger partial charge in [0.05, 0.1) is 0 Å². The SMILES string of the molecule is Cc1ccc2[nH]c(C(=O)NCCCN(C)C)c(C)c2c1. The summed E-state index contributed by atoms with van der Waals surface area (Å²) >= 11 is 0. The number of H-pyrrole nitrogens is 1. The first-order valence-corrected chi connectivity index (χ1v) is 7.01. The van der Waals surface area contributed by atoms with Crippen LogP contribution >= 0.6 is 0 Å². The number of aromatic nitrogens is 1. The van der Waals surface area contributed by atoms with Crippen LogP contribution in [0.5, 0.6) is 0 Å². The predicted molar refractivity (Wildman–Crippen MR) is 83.3 cm³/mol. The van der Waals surface area contributed by atoms with Gasteiger partial charge >= 0.3 is 0 Å². The van der Waals surface area contributed by atoms with E-state index in [1.165, 1.54) is 5.56 Å². The van der Waals surface area contributed by atoms with Gasteiger partial charge in [0.15, 0.2) is 0 Å². The van der Waals surface area contributed by atoms with Crippen molar-refractivity contribution in [1.82, 2.24) is 15.2 Å². The van der Waals surface area contributed by atoms with Crippen LogP contribution < -0.4 is 5.32 Å². The minimum absolute atomic E-state index is 0.0184. The largest absolute Gasteiger partial charge is 0.351 e. The Hall–Kier alpha value is -1.81. The van der Waals surface area contributed by atoms with Crippen LogP contribution in [0.15, 0.2) is 18.2 Å². The molecule has 2 rings (SSSR count). The lowest BCUT2D eigenvalue weighted by Crippen LogP contribution is -2.27. The Labute approximate surface area is 120 Å². The summed E-state index contributed by atoms with van der Waals surface area (Å²) in [5.41, 5.74) is 3.92. The van der Waals surface area contributed by atoms with Crippen molar-refractivity contribution in [2.75, 3.05) is 27.2 Å². The average molecular weight is 273 g/mol. The zero-order valence-electron chi connectivity index (χ0n) is 12.7. The second-order valence-corrected chi connectivity index (χ2v) is 5.59. The Kier molecular flexibility index (Phi) is 4.45. The van der Waals surface area contributed by atoms with Crippen molar-refractivity contribution in [2.45, 2.75) is 20.3 Å². The maximum absolute atomic E-state index is 12.2. The molecule has 0 aliphatic carbocycles. The number of rotatable bonds is 5. The summed E-state index contributed by atoms with van der Waals surface area (Å²) in [5, 5.41) is 4.10. The van der Waals surface area contributed by atoms with E-state index >= 15 is 0 Å². The van der Waals surface area contributed by atoms with Crippen molar-refractivity contribution in [1.29, 1.82) is 0 Å². The Morgan fingerprint density at radius 1 is 1.30 bits per heavy atom. The fourth-order valence-electron chi connectivity index (χ4n) is 2.35. The summed E-state index contributed by atoms with van der Waals surface area (Å²) in [5.74, 6) is -0.0184. The van der Waals surface area contributed by atoms with Gasteiger partial charge in [0.2, 0.25) is 0 Å². The van der Waals surface area contributed by atoms with E-state index in [1.54, 1.807) is 0 Å². The fourth-order valence-corrected chi connectivity index (χ4v) is 2.35. The van der Waals surface area contributed by atoms with E-state index in [-0.39, 0.29) is 5.91 Å². The Morgan fingerprint density at radius 2 is 2.05 bits per heavy atom. The number of amides is 1. The number of nitrogens with zero attached hydrogens (tertiary/aromatic N) is 1. The van der Waals surface area contributed by atoms with E-state index in [0.717, 1.165) is 29.4 Å². The highest BCUT2D eigenvalue weighted by Gasteiger charge is 2.14. The van der Waals surface area contributed by atoms with Crippen LogP contribution in [0.1, 0.15) is 28.0 Å². The molecule has 4 heteroatoms. The fraction of sp³-hybridized carbons (Fsp3) is 0.438. The van der Waals surface area contributed by atoms with Crippen molar-refractivity contribution in [3.05, 3.63) is 35.0 Å². The number of fused-ring (bicyclic) bond motifs is 1. The van der Waals surface area contributed by atoms with E-state index in [0.29, 0.717) is 12.2 Å². The molecule has 4 nitrogen and oxygen atoms in total. The Bertz CT molecular complexity index is 613. The number of carbonyl (C=O) groups excluding carboxylic acids is 1. The van der Waals surface area contributed by atoms with Gasteiger partial charge in [-0.05, 0) is 58.6 Å². The first kappa shape index (κ1) is 14.6. The summed E-state index contributed by atoms with van der Waals surface area (Å²) in [6.07, 6.45) is 0.955. The van der Waals surface area contributed by atoms with Crippen LogP contribution in [0, 0.1) is 13.8 Å². The molecule has 108 valence electrons. The maximum atomic E-state index is 12.2. The Balaban J connectivity index is 2.08. The molecule has 0 saturated heterocycles. The molecule has 20 heavy (non-hydrogen) atoms. The molecule has 0 aliphatic heterocycles. The van der Waals surface area contributed by atoms with Crippen molar-refractivity contribution in [3.63, 3.8) is 0 Å². The van der Waals surface area contributed by atoms with E-state index in [2.05, 4.69) is 34.3 Å². The summed E-state index contributed by atoms with van der Waals surface area (Å²) in [7, 11) is 4.07. The zero-order valence-corrected chi connectivity index (χ0v) is 12.7. The van der Waals surface area contributed by atoms with Gasteiger partial charge in [-0.15, -0.1) is 0 Å². The number of carbonyl (C=O) groups is 1. The molecular formula is C16H23N3O. The van der Waals surface area contributed by atoms with Crippen molar-refractivity contribution in [3.8, 4) is 0 Å². The van der Waals surface area contributed by atoms with Crippen molar-refractivity contribution < 1.29 is 4.79 Å². The second-order valence-electron chi connectivity index (χ2n) is 5.59. The lowest BCUT2D eigenvalue weighted by Gasteiger charge is -2.09. The van der Waals surface area contributed by atoms with Gasteiger partial charge in [0.25, 0.3) is 5.91 Å². The first-order chi connectivity index (χ1) is 9.49. The number of hydrogen-bond donors (Lipinski definition) is 2. The molecule has 0 spiro atoms. The molecule has 1 aromatic heterocycles. The molecule has 0 bridgehead atoms. The molecule has 1 heterocycles. The lowest BCUT2D eigenvalue weighted by molar-refractivity contribution is 0.0947. The van der Waals surface area contributed by atoms with Gasteiger partial charge in [-0.25, -0.2) is 0 Å². The van der Waals surface area contributed by atoms with Gasteiger partial charge in [-0.1, -0.05) is 11.6 Å². The third kappa shape index (κ3) is 3.20. The number of hydrogen-bond acceptors (Lipinski definition) is 2. The molecule has 1 amide bonds. The second kappa shape index (κ2) is 6.09. The molecule has 1 aromatic carbocycles. The number of aryl methyl sites for hydroxylation is 2. The van der Waals surface area contributed by atoms with Crippen LogP contribution in [0.3, 0.4) is 0 Å². The number of benzene rings is 1. The minimum Gasteiger partial charge on any atom is -0.351 e. The van der Waals surface area contributed by atoms with E-state index in [1.807, 2.05) is 27.1 Å². The van der Waals surface area contributed by atoms with Crippen molar-refractivity contribution >= 4 is 16.8 Å². The Morgan fingerprint density at radius 3 is 2.75 bits per heavy atom.